The highest BCUT2D eigenvalue weighted by molar-refractivity contribution is 6.30. The number of ketones is 1. The molecule has 0 fully saturated rings. The van der Waals surface area contributed by atoms with E-state index in [2.05, 4.69) is 5.32 Å². The van der Waals surface area contributed by atoms with Gasteiger partial charge >= 0.3 is 5.97 Å². The maximum absolute atomic E-state index is 13.5. The maximum Gasteiger partial charge on any atom is 0.337 e. The van der Waals surface area contributed by atoms with Crippen molar-refractivity contribution in [3.63, 3.8) is 0 Å². The summed E-state index contributed by atoms with van der Waals surface area (Å²) in [6, 6.07) is 13.5. The molecule has 4 rings (SSSR count). The Morgan fingerprint density at radius 1 is 1.09 bits per heavy atom. The number of esters is 1. The predicted octanol–water partition coefficient (Wildman–Crippen LogP) is 5.56. The third-order valence-electron chi connectivity index (χ3n) is 6.17. The standard InChI is InChI=1S/C26H25ClN2O5/c1-14(2)34-26(31)23-15(3)28-21-12-18(16-4-8-19(27)9-5-16)13-22(30)25(21)24(23)17-6-10-20(11-7-17)29(32)33/h4-11,14,18,24,28H,12-13H2,1-3H3/t18-,24+/m1/s1. The van der Waals surface area contributed by atoms with Crippen LogP contribution >= 0.6 is 11.6 Å². The smallest absolute Gasteiger partial charge is 0.337 e. The van der Waals surface area contributed by atoms with Crippen molar-refractivity contribution in [2.45, 2.75) is 51.6 Å². The molecule has 0 bridgehead atoms. The number of carbonyl (C=O) groups is 2. The molecule has 176 valence electrons. The summed E-state index contributed by atoms with van der Waals surface area (Å²) in [4.78, 5) is 37.3. The van der Waals surface area contributed by atoms with E-state index >= 15 is 0 Å². The number of Topliss-reactive ketones (excluding diaryl/α,β-unsaturated/α-hetero) is 1. The highest BCUT2D eigenvalue weighted by atomic mass is 35.5. The fourth-order valence-corrected chi connectivity index (χ4v) is 4.81. The number of dihydropyridines is 1. The van der Waals surface area contributed by atoms with Crippen molar-refractivity contribution in [1.82, 2.24) is 5.32 Å². The van der Waals surface area contributed by atoms with Crippen LogP contribution in [0.5, 0.6) is 0 Å². The largest absolute Gasteiger partial charge is 0.460 e. The number of carbonyl (C=O) groups excluding carboxylic acids is 2. The van der Waals surface area contributed by atoms with Crippen LogP contribution in [0.15, 0.2) is 71.1 Å². The number of nitro benzene ring substituents is 1. The van der Waals surface area contributed by atoms with Gasteiger partial charge < -0.3 is 10.1 Å². The Kier molecular flexibility index (Phi) is 6.57. The third-order valence-corrected chi connectivity index (χ3v) is 6.42. The number of nitro groups is 1. The van der Waals surface area contributed by atoms with E-state index in [1.54, 1.807) is 32.9 Å². The summed E-state index contributed by atoms with van der Waals surface area (Å²) < 4.78 is 5.50. The van der Waals surface area contributed by atoms with Crippen LogP contribution in [0.25, 0.3) is 0 Å². The minimum atomic E-state index is -0.665. The van der Waals surface area contributed by atoms with Crippen molar-refractivity contribution in [1.29, 1.82) is 0 Å². The first-order valence-electron chi connectivity index (χ1n) is 11.1. The third kappa shape index (κ3) is 4.61. The fraction of sp³-hybridized carbons (Fsp3) is 0.308. The van der Waals surface area contributed by atoms with Crippen molar-refractivity contribution in [3.05, 3.63) is 97.3 Å². The van der Waals surface area contributed by atoms with E-state index in [0.29, 0.717) is 33.9 Å². The molecule has 8 heteroatoms. The van der Waals surface area contributed by atoms with Gasteiger partial charge in [0.15, 0.2) is 5.78 Å². The van der Waals surface area contributed by atoms with Crippen LogP contribution in [0.2, 0.25) is 5.02 Å². The molecule has 34 heavy (non-hydrogen) atoms. The summed E-state index contributed by atoms with van der Waals surface area (Å²) in [5, 5.41) is 15.1. The molecule has 2 aromatic carbocycles. The molecule has 1 aliphatic carbocycles. The minimum Gasteiger partial charge on any atom is -0.460 e. The summed E-state index contributed by atoms with van der Waals surface area (Å²) in [5.74, 6) is -1.27. The van der Waals surface area contributed by atoms with Gasteiger partial charge in [0.2, 0.25) is 0 Å². The maximum atomic E-state index is 13.5. The lowest BCUT2D eigenvalue weighted by Gasteiger charge is -2.37. The van der Waals surface area contributed by atoms with Crippen LogP contribution in [0.1, 0.15) is 56.6 Å². The molecule has 0 saturated carbocycles. The van der Waals surface area contributed by atoms with Crippen LogP contribution in [-0.4, -0.2) is 22.8 Å². The lowest BCUT2D eigenvalue weighted by Crippen LogP contribution is -2.36. The van der Waals surface area contributed by atoms with Gasteiger partial charge in [-0.15, -0.1) is 0 Å². The number of rotatable bonds is 5. The normalized spacial score (nSPS) is 20.2. The molecule has 7 nitrogen and oxygen atoms in total. The quantitative estimate of drug-likeness (QED) is 0.341. The molecule has 1 N–H and O–H groups in total. The Balaban J connectivity index is 1.79. The molecule has 2 aliphatic rings. The molecule has 2 aromatic rings. The first kappa shape index (κ1) is 23.7. The monoisotopic (exact) mass is 480 g/mol. The molecule has 0 radical (unpaired) electrons. The van der Waals surface area contributed by atoms with Crippen molar-refractivity contribution < 1.29 is 19.2 Å². The number of halogens is 1. The summed E-state index contributed by atoms with van der Waals surface area (Å²) in [6.07, 6.45) is 0.546. The number of ether oxygens (including phenoxy) is 1. The van der Waals surface area contributed by atoms with Crippen molar-refractivity contribution in [2.24, 2.45) is 0 Å². The fourth-order valence-electron chi connectivity index (χ4n) is 4.68. The Labute approximate surface area is 202 Å². The summed E-state index contributed by atoms with van der Waals surface area (Å²) >= 11 is 6.03. The Morgan fingerprint density at radius 2 is 1.71 bits per heavy atom. The van der Waals surface area contributed by atoms with Gasteiger partial charge in [-0.25, -0.2) is 4.79 Å². The SMILES string of the molecule is CC1=C(C(=O)OC(C)C)[C@H](c2ccc([N+](=O)[O-])cc2)C2=C(C[C@@H](c3ccc(Cl)cc3)CC2=O)N1. The van der Waals surface area contributed by atoms with E-state index in [0.717, 1.165) is 11.3 Å². The van der Waals surface area contributed by atoms with Gasteiger partial charge in [0.1, 0.15) is 0 Å². The highest BCUT2D eigenvalue weighted by Crippen LogP contribution is 2.46. The number of non-ortho nitro benzene ring substituents is 1. The summed E-state index contributed by atoms with van der Waals surface area (Å²) in [7, 11) is 0. The second kappa shape index (κ2) is 9.43. The topological polar surface area (TPSA) is 98.5 Å². The molecular weight excluding hydrogens is 456 g/mol. The second-order valence-electron chi connectivity index (χ2n) is 8.87. The minimum absolute atomic E-state index is 0.0227. The van der Waals surface area contributed by atoms with E-state index in [1.165, 1.54) is 12.1 Å². The molecule has 0 amide bonds. The zero-order valence-corrected chi connectivity index (χ0v) is 19.9. The van der Waals surface area contributed by atoms with Gasteiger partial charge in [-0.05, 0) is 56.4 Å². The molecular formula is C26H25ClN2O5. The first-order chi connectivity index (χ1) is 16.2. The summed E-state index contributed by atoms with van der Waals surface area (Å²) in [5.41, 5.74) is 3.82. The first-order valence-corrected chi connectivity index (χ1v) is 11.5. The van der Waals surface area contributed by atoms with Gasteiger partial charge in [0.05, 0.1) is 16.6 Å². The lowest BCUT2D eigenvalue weighted by molar-refractivity contribution is -0.384. The van der Waals surface area contributed by atoms with Crippen molar-refractivity contribution in [2.75, 3.05) is 0 Å². The molecule has 0 aromatic heterocycles. The highest BCUT2D eigenvalue weighted by Gasteiger charge is 2.41. The van der Waals surface area contributed by atoms with E-state index < -0.39 is 16.8 Å². The number of hydrogen-bond acceptors (Lipinski definition) is 6. The van der Waals surface area contributed by atoms with Gasteiger partial charge in [-0.3, -0.25) is 14.9 Å². The van der Waals surface area contributed by atoms with Gasteiger partial charge in [-0.2, -0.15) is 0 Å². The van der Waals surface area contributed by atoms with Crippen molar-refractivity contribution in [3.8, 4) is 0 Å². The zero-order valence-electron chi connectivity index (χ0n) is 19.1. The molecule has 1 heterocycles. The zero-order chi connectivity index (χ0) is 24.6. The average molecular weight is 481 g/mol. The molecule has 0 saturated heterocycles. The van der Waals surface area contributed by atoms with Crippen LogP contribution < -0.4 is 5.32 Å². The average Bonchev–Trinajstić information content (AvgIpc) is 2.78. The molecule has 0 spiro atoms. The predicted molar refractivity (Wildman–Crippen MR) is 128 cm³/mol. The summed E-state index contributed by atoms with van der Waals surface area (Å²) in [6.45, 7) is 5.31. The number of allylic oxidation sites excluding steroid dienone is 3. The number of benzene rings is 2. The van der Waals surface area contributed by atoms with Crippen LogP contribution in [0, 0.1) is 10.1 Å². The van der Waals surface area contributed by atoms with Crippen LogP contribution in [0.4, 0.5) is 5.69 Å². The molecule has 2 atom stereocenters. The van der Waals surface area contributed by atoms with E-state index in [1.807, 2.05) is 24.3 Å². The molecule has 0 unspecified atom stereocenters. The Hall–Kier alpha value is -3.45. The number of nitrogens with one attached hydrogen (secondary N) is 1. The van der Waals surface area contributed by atoms with Gasteiger partial charge in [-0.1, -0.05) is 35.9 Å². The second-order valence-corrected chi connectivity index (χ2v) is 9.31. The van der Waals surface area contributed by atoms with Crippen molar-refractivity contribution >= 4 is 29.0 Å². The number of hydrogen-bond donors (Lipinski definition) is 1. The van der Waals surface area contributed by atoms with Gasteiger partial charge in [0.25, 0.3) is 5.69 Å². The van der Waals surface area contributed by atoms with E-state index in [9.17, 15) is 19.7 Å². The van der Waals surface area contributed by atoms with Crippen LogP contribution in [0.3, 0.4) is 0 Å². The van der Waals surface area contributed by atoms with E-state index in [4.69, 9.17) is 16.3 Å². The number of nitrogens with zero attached hydrogens (tertiary/aromatic N) is 1. The van der Waals surface area contributed by atoms with Crippen LogP contribution in [-0.2, 0) is 14.3 Å². The lowest BCUT2D eigenvalue weighted by atomic mass is 9.71. The molecule has 1 aliphatic heterocycles. The van der Waals surface area contributed by atoms with Gasteiger partial charge in [0, 0.05) is 46.5 Å². The Bertz CT molecular complexity index is 1210. The Morgan fingerprint density at radius 3 is 2.29 bits per heavy atom. The van der Waals surface area contributed by atoms with E-state index in [-0.39, 0.29) is 29.9 Å².